The molecule has 0 unspecified atom stereocenters. The first-order valence-electron chi connectivity index (χ1n) is 7.86. The summed E-state index contributed by atoms with van der Waals surface area (Å²) < 4.78 is 1.11. The van der Waals surface area contributed by atoms with Crippen LogP contribution in [0.25, 0.3) is 5.57 Å². The minimum absolute atomic E-state index is 0.922. The predicted molar refractivity (Wildman–Crippen MR) is 97.5 cm³/mol. The minimum Gasteiger partial charge on any atom is -0.353 e. The number of fused-ring (bicyclic) bond motifs is 1. The molecule has 3 rings (SSSR count). The van der Waals surface area contributed by atoms with Gasteiger partial charge in [-0.2, -0.15) is 0 Å². The Bertz CT molecular complexity index is 734. The summed E-state index contributed by atoms with van der Waals surface area (Å²) in [7, 11) is 0. The van der Waals surface area contributed by atoms with Crippen LogP contribution in [0.3, 0.4) is 0 Å². The smallest absolute Gasteiger partial charge is 0.137 e. The van der Waals surface area contributed by atoms with Gasteiger partial charge in [0.1, 0.15) is 5.82 Å². The number of likely N-dealkylation sites (N-methyl/N-ethyl adjacent to an activating group) is 1. The lowest BCUT2D eigenvalue weighted by Gasteiger charge is -2.30. The summed E-state index contributed by atoms with van der Waals surface area (Å²) in [5.74, 6) is 1.14. The lowest BCUT2D eigenvalue weighted by atomic mass is 9.91. The molecule has 114 valence electrons. The maximum absolute atomic E-state index is 4.92. The first kappa shape index (κ1) is 15.3. The van der Waals surface area contributed by atoms with E-state index in [0.29, 0.717) is 0 Å². The van der Waals surface area contributed by atoms with Crippen LogP contribution >= 0.6 is 15.9 Å². The highest BCUT2D eigenvalue weighted by Gasteiger charge is 2.23. The fourth-order valence-electron chi connectivity index (χ4n) is 3.05. The predicted octanol–water partition coefficient (Wildman–Crippen LogP) is 4.99. The summed E-state index contributed by atoms with van der Waals surface area (Å²) in [5.41, 5.74) is 6.31. The molecular formula is C19H21BrN2. The van der Waals surface area contributed by atoms with E-state index < -0.39 is 0 Å². The van der Waals surface area contributed by atoms with Gasteiger partial charge in [-0.1, -0.05) is 41.1 Å². The van der Waals surface area contributed by atoms with Crippen LogP contribution in [0.5, 0.6) is 0 Å². The number of benzene rings is 1. The van der Waals surface area contributed by atoms with Crippen LogP contribution in [0, 0.1) is 6.92 Å². The molecule has 1 aromatic carbocycles. The molecule has 0 fully saturated rings. The van der Waals surface area contributed by atoms with Crippen LogP contribution in [0.15, 0.2) is 40.9 Å². The second kappa shape index (κ2) is 6.25. The molecule has 0 atom stereocenters. The Morgan fingerprint density at radius 3 is 2.73 bits per heavy atom. The van der Waals surface area contributed by atoms with Crippen molar-refractivity contribution in [1.82, 2.24) is 4.98 Å². The molecule has 1 aliphatic rings. The van der Waals surface area contributed by atoms with Crippen molar-refractivity contribution in [2.75, 3.05) is 18.0 Å². The van der Waals surface area contributed by atoms with Gasteiger partial charge in [0.25, 0.3) is 0 Å². The number of halogens is 1. The van der Waals surface area contributed by atoms with Gasteiger partial charge in [-0.15, -0.1) is 0 Å². The second-order valence-electron chi connectivity index (χ2n) is 5.65. The number of aromatic nitrogens is 1. The highest BCUT2D eigenvalue weighted by Crippen LogP contribution is 2.37. The maximum Gasteiger partial charge on any atom is 0.137 e. The molecule has 0 aliphatic carbocycles. The van der Waals surface area contributed by atoms with Crippen LogP contribution in [-0.2, 0) is 6.42 Å². The fourth-order valence-corrected chi connectivity index (χ4v) is 3.45. The molecule has 0 bridgehead atoms. The van der Waals surface area contributed by atoms with Gasteiger partial charge < -0.3 is 4.90 Å². The van der Waals surface area contributed by atoms with Crippen molar-refractivity contribution in [3.8, 4) is 0 Å². The molecule has 0 N–H and O–H groups in total. The van der Waals surface area contributed by atoms with E-state index >= 15 is 0 Å². The van der Waals surface area contributed by atoms with Gasteiger partial charge in [-0.05, 0) is 55.2 Å². The third-order valence-electron chi connectivity index (χ3n) is 4.21. The number of anilines is 1. The number of rotatable bonds is 3. The highest BCUT2D eigenvalue weighted by molar-refractivity contribution is 9.10. The van der Waals surface area contributed by atoms with Crippen molar-refractivity contribution in [2.45, 2.75) is 27.2 Å². The van der Waals surface area contributed by atoms with E-state index in [1.807, 2.05) is 0 Å². The van der Waals surface area contributed by atoms with Crippen LogP contribution in [0.2, 0.25) is 0 Å². The van der Waals surface area contributed by atoms with E-state index in [2.05, 4.69) is 78.0 Å². The van der Waals surface area contributed by atoms with Crippen LogP contribution in [-0.4, -0.2) is 18.1 Å². The second-order valence-corrected chi connectivity index (χ2v) is 6.57. The van der Waals surface area contributed by atoms with Gasteiger partial charge in [-0.25, -0.2) is 4.98 Å². The van der Waals surface area contributed by atoms with Crippen molar-refractivity contribution in [1.29, 1.82) is 0 Å². The summed E-state index contributed by atoms with van der Waals surface area (Å²) in [5, 5.41) is 0. The molecule has 0 amide bonds. The summed E-state index contributed by atoms with van der Waals surface area (Å²) in [4.78, 5) is 7.27. The number of hydrogen-bond acceptors (Lipinski definition) is 2. The third-order valence-corrected chi connectivity index (χ3v) is 4.71. The zero-order valence-electron chi connectivity index (χ0n) is 13.4. The molecular weight excluding hydrogens is 336 g/mol. The quantitative estimate of drug-likeness (QED) is 0.770. The molecule has 0 saturated carbocycles. The lowest BCUT2D eigenvalue weighted by molar-refractivity contribution is 0.854. The van der Waals surface area contributed by atoms with Crippen LogP contribution in [0.4, 0.5) is 5.82 Å². The van der Waals surface area contributed by atoms with Crippen molar-refractivity contribution in [2.24, 2.45) is 0 Å². The average Bonchev–Trinajstić information content (AvgIpc) is 2.53. The highest BCUT2D eigenvalue weighted by atomic mass is 79.9. The molecule has 1 aromatic heterocycles. The fraction of sp³-hybridized carbons (Fsp3) is 0.316. The molecule has 1 aliphatic heterocycles. The standard InChI is InChI=1S/C19H21BrN2/c1-4-16-11-13(3)18-17(14-7-6-8-15(20)12-14)9-10-22(5-2)19(18)21-16/h6-9,11-12H,4-5,10H2,1-3H3. The zero-order chi connectivity index (χ0) is 15.7. The van der Waals surface area contributed by atoms with Crippen LogP contribution in [0.1, 0.15) is 36.2 Å². The van der Waals surface area contributed by atoms with E-state index in [9.17, 15) is 0 Å². The van der Waals surface area contributed by atoms with Crippen molar-refractivity contribution in [3.05, 3.63) is 63.3 Å². The maximum atomic E-state index is 4.92. The minimum atomic E-state index is 0.922. The largest absolute Gasteiger partial charge is 0.353 e. The molecule has 0 saturated heterocycles. The van der Waals surface area contributed by atoms with E-state index in [0.717, 1.165) is 29.8 Å². The molecule has 22 heavy (non-hydrogen) atoms. The van der Waals surface area contributed by atoms with Crippen molar-refractivity contribution < 1.29 is 0 Å². The molecule has 0 spiro atoms. The van der Waals surface area contributed by atoms with Crippen molar-refractivity contribution in [3.63, 3.8) is 0 Å². The SMILES string of the molecule is CCc1cc(C)c2c(n1)N(CC)CC=C2c1cccc(Br)c1. The number of hydrogen-bond donors (Lipinski definition) is 0. The van der Waals surface area contributed by atoms with E-state index in [1.54, 1.807) is 0 Å². The summed E-state index contributed by atoms with van der Waals surface area (Å²) in [6.45, 7) is 8.46. The average molecular weight is 357 g/mol. The van der Waals surface area contributed by atoms with Gasteiger partial charge >= 0.3 is 0 Å². The lowest BCUT2D eigenvalue weighted by Crippen LogP contribution is -2.28. The van der Waals surface area contributed by atoms with E-state index in [-0.39, 0.29) is 0 Å². The monoisotopic (exact) mass is 356 g/mol. The molecule has 2 nitrogen and oxygen atoms in total. The van der Waals surface area contributed by atoms with Gasteiger partial charge in [0.05, 0.1) is 0 Å². The van der Waals surface area contributed by atoms with Crippen LogP contribution < -0.4 is 4.90 Å². The molecule has 3 heteroatoms. The van der Waals surface area contributed by atoms with Gasteiger partial charge in [0, 0.05) is 28.8 Å². The Balaban J connectivity index is 2.19. The van der Waals surface area contributed by atoms with Gasteiger partial charge in [-0.3, -0.25) is 0 Å². The topological polar surface area (TPSA) is 16.1 Å². The Hall–Kier alpha value is -1.61. The van der Waals surface area contributed by atoms with Gasteiger partial charge in [0.2, 0.25) is 0 Å². The Morgan fingerprint density at radius 1 is 1.23 bits per heavy atom. The summed E-state index contributed by atoms with van der Waals surface area (Å²) >= 11 is 3.58. The first-order valence-corrected chi connectivity index (χ1v) is 8.65. The normalized spacial score (nSPS) is 13.8. The molecule has 2 aromatic rings. The number of aryl methyl sites for hydroxylation is 2. The zero-order valence-corrected chi connectivity index (χ0v) is 14.9. The summed E-state index contributed by atoms with van der Waals surface area (Å²) in [6.07, 6.45) is 3.30. The Kier molecular flexibility index (Phi) is 4.34. The third kappa shape index (κ3) is 2.70. The van der Waals surface area contributed by atoms with E-state index in [1.165, 1.54) is 28.0 Å². The Morgan fingerprint density at radius 2 is 2.05 bits per heavy atom. The molecule has 0 radical (unpaired) electrons. The Labute approximate surface area is 141 Å². The first-order chi connectivity index (χ1) is 10.6. The summed E-state index contributed by atoms with van der Waals surface area (Å²) in [6, 6.07) is 10.7. The number of pyridine rings is 1. The van der Waals surface area contributed by atoms with Crippen molar-refractivity contribution >= 4 is 27.3 Å². The molecule has 2 heterocycles. The number of nitrogens with zero attached hydrogens (tertiary/aromatic N) is 2. The van der Waals surface area contributed by atoms with E-state index in [4.69, 9.17) is 4.98 Å². The van der Waals surface area contributed by atoms with Gasteiger partial charge in [0.15, 0.2) is 0 Å².